The number of esters is 1. The van der Waals surface area contributed by atoms with Crippen molar-refractivity contribution >= 4 is 27.8 Å². The van der Waals surface area contributed by atoms with E-state index in [1.165, 1.54) is 38.5 Å². The van der Waals surface area contributed by atoms with Crippen molar-refractivity contribution in [3.05, 3.63) is 34.3 Å². The molecule has 5 heteroatoms. The Morgan fingerprint density at radius 3 is 2.44 bits per heavy atom. The Labute approximate surface area is 170 Å². The van der Waals surface area contributed by atoms with E-state index in [-0.39, 0.29) is 18.3 Å². The second kappa shape index (κ2) is 9.72. The second-order valence-electron chi connectivity index (χ2n) is 7.98. The van der Waals surface area contributed by atoms with Crippen LogP contribution in [0.3, 0.4) is 0 Å². The molecule has 27 heavy (non-hydrogen) atoms. The van der Waals surface area contributed by atoms with Gasteiger partial charge in [-0.3, -0.25) is 4.79 Å². The first-order chi connectivity index (χ1) is 13.0. The summed E-state index contributed by atoms with van der Waals surface area (Å²) in [5.74, 6) is 0.426. The summed E-state index contributed by atoms with van der Waals surface area (Å²) in [6.45, 7) is 2.67. The van der Waals surface area contributed by atoms with Gasteiger partial charge in [0.2, 0.25) is 5.91 Å². The summed E-state index contributed by atoms with van der Waals surface area (Å²) in [5, 5.41) is 0. The number of rotatable bonds is 5. The van der Waals surface area contributed by atoms with Gasteiger partial charge in [-0.2, -0.15) is 0 Å². The molecule has 2 atom stereocenters. The number of hydrogen-bond donors (Lipinski definition) is 0. The third-order valence-corrected chi connectivity index (χ3v) is 6.44. The molecular formula is C22H30BrNO3. The number of amides is 1. The summed E-state index contributed by atoms with van der Waals surface area (Å²) in [4.78, 5) is 27.3. The molecule has 1 aromatic rings. The molecule has 1 saturated carbocycles. The molecule has 4 nitrogen and oxygen atoms in total. The van der Waals surface area contributed by atoms with Gasteiger partial charge < -0.3 is 9.64 Å². The minimum Gasteiger partial charge on any atom is -0.459 e. The third-order valence-electron chi connectivity index (χ3n) is 5.91. The highest BCUT2D eigenvalue weighted by atomic mass is 79.9. The summed E-state index contributed by atoms with van der Waals surface area (Å²) in [6, 6.07) is 7.47. The largest absolute Gasteiger partial charge is 0.459 e. The highest BCUT2D eigenvalue weighted by molar-refractivity contribution is 9.10. The fourth-order valence-electron chi connectivity index (χ4n) is 4.52. The van der Waals surface area contributed by atoms with Crippen LogP contribution in [0, 0.1) is 5.92 Å². The van der Waals surface area contributed by atoms with Crippen molar-refractivity contribution in [3.63, 3.8) is 0 Å². The third kappa shape index (κ3) is 5.56. The summed E-state index contributed by atoms with van der Waals surface area (Å²) >= 11 is 3.36. The SMILES string of the molecule is CC(CC(=O)N1CCCCC1C1CCCCC1)OC(=O)c1ccc(Br)cc1. The molecule has 1 aliphatic carbocycles. The lowest BCUT2D eigenvalue weighted by atomic mass is 9.80. The Morgan fingerprint density at radius 1 is 1.07 bits per heavy atom. The number of nitrogens with zero attached hydrogens (tertiary/aromatic N) is 1. The van der Waals surface area contributed by atoms with E-state index >= 15 is 0 Å². The summed E-state index contributed by atoms with van der Waals surface area (Å²) in [7, 11) is 0. The second-order valence-corrected chi connectivity index (χ2v) is 8.89. The molecule has 1 aromatic carbocycles. The van der Waals surface area contributed by atoms with Crippen molar-refractivity contribution in [1.29, 1.82) is 0 Å². The molecule has 0 N–H and O–H groups in total. The van der Waals surface area contributed by atoms with E-state index < -0.39 is 6.10 Å². The molecular weight excluding hydrogens is 406 g/mol. The Balaban J connectivity index is 1.55. The van der Waals surface area contributed by atoms with E-state index in [1.54, 1.807) is 12.1 Å². The molecule has 0 spiro atoms. The van der Waals surface area contributed by atoms with Crippen LogP contribution in [0.2, 0.25) is 0 Å². The Morgan fingerprint density at radius 2 is 1.74 bits per heavy atom. The standard InChI is InChI=1S/C22H30BrNO3/c1-16(27-22(26)18-10-12-19(23)13-11-18)15-21(25)24-14-6-5-9-20(24)17-7-3-2-4-8-17/h10-13,16-17,20H,2-9,14-15H2,1H3. The zero-order chi connectivity index (χ0) is 19.2. The first-order valence-corrected chi connectivity index (χ1v) is 11.1. The van der Waals surface area contributed by atoms with Crippen LogP contribution in [0.4, 0.5) is 0 Å². The lowest BCUT2D eigenvalue weighted by Crippen LogP contribution is -2.48. The molecule has 1 amide bonds. The Hall–Kier alpha value is -1.36. The number of carbonyl (C=O) groups is 2. The highest BCUT2D eigenvalue weighted by Crippen LogP contribution is 2.34. The van der Waals surface area contributed by atoms with Gasteiger partial charge >= 0.3 is 5.97 Å². The fraction of sp³-hybridized carbons (Fsp3) is 0.636. The Bertz CT molecular complexity index is 639. The van der Waals surface area contributed by atoms with Crippen molar-refractivity contribution in [2.45, 2.75) is 76.9 Å². The fourth-order valence-corrected chi connectivity index (χ4v) is 4.78. The minimum absolute atomic E-state index is 0.140. The van der Waals surface area contributed by atoms with Gasteiger partial charge in [-0.15, -0.1) is 0 Å². The van der Waals surface area contributed by atoms with Crippen molar-refractivity contribution in [1.82, 2.24) is 4.90 Å². The van der Waals surface area contributed by atoms with Crippen molar-refractivity contribution < 1.29 is 14.3 Å². The molecule has 2 aliphatic rings. The van der Waals surface area contributed by atoms with Crippen LogP contribution in [0.5, 0.6) is 0 Å². The average Bonchev–Trinajstić information content (AvgIpc) is 2.69. The van der Waals surface area contributed by atoms with E-state index in [1.807, 2.05) is 19.1 Å². The maximum Gasteiger partial charge on any atom is 0.338 e. The predicted molar refractivity (Wildman–Crippen MR) is 110 cm³/mol. The number of carbonyl (C=O) groups excluding carboxylic acids is 2. The van der Waals surface area contributed by atoms with E-state index in [0.717, 1.165) is 23.9 Å². The zero-order valence-corrected chi connectivity index (χ0v) is 17.7. The highest BCUT2D eigenvalue weighted by Gasteiger charge is 2.34. The van der Waals surface area contributed by atoms with E-state index in [0.29, 0.717) is 17.5 Å². The smallest absolute Gasteiger partial charge is 0.338 e. The van der Waals surface area contributed by atoms with Gasteiger partial charge in [0.1, 0.15) is 6.10 Å². The molecule has 1 heterocycles. The topological polar surface area (TPSA) is 46.6 Å². The summed E-state index contributed by atoms with van der Waals surface area (Å²) in [6.07, 6.45) is 9.72. The van der Waals surface area contributed by atoms with Gasteiger partial charge in [-0.1, -0.05) is 35.2 Å². The molecule has 148 valence electrons. The van der Waals surface area contributed by atoms with Crippen LogP contribution in [-0.4, -0.2) is 35.5 Å². The molecule has 3 rings (SSSR count). The van der Waals surface area contributed by atoms with Crippen molar-refractivity contribution in [2.24, 2.45) is 5.92 Å². The van der Waals surface area contributed by atoms with E-state index in [2.05, 4.69) is 20.8 Å². The average molecular weight is 436 g/mol. The van der Waals surface area contributed by atoms with E-state index in [9.17, 15) is 9.59 Å². The van der Waals surface area contributed by atoms with Gasteiger partial charge in [0.15, 0.2) is 0 Å². The first kappa shape index (κ1) is 20.4. The van der Waals surface area contributed by atoms with Crippen LogP contribution in [-0.2, 0) is 9.53 Å². The molecule has 0 radical (unpaired) electrons. The first-order valence-electron chi connectivity index (χ1n) is 10.3. The molecule has 2 unspecified atom stereocenters. The number of benzene rings is 1. The monoisotopic (exact) mass is 435 g/mol. The summed E-state index contributed by atoms with van der Waals surface area (Å²) < 4.78 is 6.43. The van der Waals surface area contributed by atoms with Gasteiger partial charge in [0, 0.05) is 17.1 Å². The lowest BCUT2D eigenvalue weighted by molar-refractivity contribution is -0.138. The normalized spacial score (nSPS) is 22.3. The molecule has 0 bridgehead atoms. The van der Waals surface area contributed by atoms with Crippen LogP contribution < -0.4 is 0 Å². The lowest BCUT2D eigenvalue weighted by Gasteiger charge is -2.42. The number of piperidine rings is 1. The molecule has 1 saturated heterocycles. The summed E-state index contributed by atoms with van der Waals surface area (Å²) in [5.41, 5.74) is 0.510. The molecule has 2 fully saturated rings. The van der Waals surface area contributed by atoms with Crippen molar-refractivity contribution in [3.8, 4) is 0 Å². The van der Waals surface area contributed by atoms with Gasteiger partial charge in [-0.25, -0.2) is 4.79 Å². The number of hydrogen-bond acceptors (Lipinski definition) is 3. The van der Waals surface area contributed by atoms with Gasteiger partial charge in [-0.05, 0) is 69.2 Å². The van der Waals surface area contributed by atoms with E-state index in [4.69, 9.17) is 4.74 Å². The van der Waals surface area contributed by atoms with Crippen LogP contribution in [0.25, 0.3) is 0 Å². The maximum absolute atomic E-state index is 13.0. The van der Waals surface area contributed by atoms with Gasteiger partial charge in [0.25, 0.3) is 0 Å². The zero-order valence-electron chi connectivity index (χ0n) is 16.2. The predicted octanol–water partition coefficient (Wildman–Crippen LogP) is 5.35. The molecule has 0 aromatic heterocycles. The van der Waals surface area contributed by atoms with Crippen LogP contribution >= 0.6 is 15.9 Å². The van der Waals surface area contributed by atoms with Gasteiger partial charge in [0.05, 0.1) is 12.0 Å². The maximum atomic E-state index is 13.0. The Kier molecular flexibility index (Phi) is 7.33. The van der Waals surface area contributed by atoms with Crippen LogP contribution in [0.15, 0.2) is 28.7 Å². The number of ether oxygens (including phenoxy) is 1. The molecule has 1 aliphatic heterocycles. The minimum atomic E-state index is -0.414. The quantitative estimate of drug-likeness (QED) is 0.585. The number of halogens is 1. The van der Waals surface area contributed by atoms with Crippen LogP contribution in [0.1, 0.15) is 75.1 Å². The number of likely N-dealkylation sites (tertiary alicyclic amines) is 1. The van der Waals surface area contributed by atoms with Crippen molar-refractivity contribution in [2.75, 3.05) is 6.54 Å².